The first-order chi connectivity index (χ1) is 17.9. The molecule has 3 heterocycles. The molecule has 0 fully saturated rings. The molecule has 0 aliphatic carbocycles. The quantitative estimate of drug-likeness (QED) is 0.152. The predicted molar refractivity (Wildman–Crippen MR) is 157 cm³/mol. The van der Waals surface area contributed by atoms with Crippen LogP contribution in [0.3, 0.4) is 0 Å². The number of amides is 1. The summed E-state index contributed by atoms with van der Waals surface area (Å²) in [7, 11) is 0. The molecule has 0 unspecified atom stereocenters. The predicted octanol–water partition coefficient (Wildman–Crippen LogP) is 7.63. The molecule has 5 aromatic rings. The number of carbonyl (C=O) groups is 1. The van der Waals surface area contributed by atoms with Gasteiger partial charge in [0.1, 0.15) is 5.01 Å². The van der Waals surface area contributed by atoms with Gasteiger partial charge < -0.3 is 5.32 Å². The third-order valence-corrected chi connectivity index (χ3v) is 9.03. The maximum absolute atomic E-state index is 12.7. The van der Waals surface area contributed by atoms with Crippen LogP contribution in [0.1, 0.15) is 30.2 Å². The summed E-state index contributed by atoms with van der Waals surface area (Å²) in [6.07, 6.45) is 1.82. The molecule has 0 saturated heterocycles. The summed E-state index contributed by atoms with van der Waals surface area (Å²) in [5, 5.41) is 15.5. The maximum Gasteiger partial charge on any atom is 0.234 e. The SMILES string of the molecule is C=CCn1c(SCC(=O)Nc2ccc(-c3nc4ccc(C)cc4s3)cc2)nnc1-c1csc(C(C)C)c1. The summed E-state index contributed by atoms with van der Waals surface area (Å²) >= 11 is 4.77. The van der Waals surface area contributed by atoms with Crippen molar-refractivity contribution in [2.24, 2.45) is 0 Å². The van der Waals surface area contributed by atoms with E-state index in [-0.39, 0.29) is 11.7 Å². The van der Waals surface area contributed by atoms with E-state index < -0.39 is 0 Å². The number of carbonyl (C=O) groups excluding carboxylic acids is 1. The first-order valence-corrected chi connectivity index (χ1v) is 14.6. The lowest BCUT2D eigenvalue weighted by molar-refractivity contribution is -0.113. The molecule has 0 aliphatic heterocycles. The molecule has 3 aromatic heterocycles. The van der Waals surface area contributed by atoms with Crippen molar-refractivity contribution in [1.82, 2.24) is 19.7 Å². The van der Waals surface area contributed by atoms with Gasteiger partial charge in [0.05, 0.1) is 16.0 Å². The molecular formula is C28H27N5OS3. The van der Waals surface area contributed by atoms with Gasteiger partial charge >= 0.3 is 0 Å². The minimum Gasteiger partial charge on any atom is -0.325 e. The van der Waals surface area contributed by atoms with E-state index in [1.54, 1.807) is 22.7 Å². The third kappa shape index (κ3) is 5.69. The highest BCUT2D eigenvalue weighted by Gasteiger charge is 2.17. The zero-order chi connectivity index (χ0) is 25.9. The van der Waals surface area contributed by atoms with E-state index in [0.29, 0.717) is 17.6 Å². The number of fused-ring (bicyclic) bond motifs is 1. The van der Waals surface area contributed by atoms with Crippen LogP contribution in [-0.2, 0) is 11.3 Å². The fourth-order valence-corrected chi connectivity index (χ4v) is 6.57. The number of anilines is 1. The Balaban J connectivity index is 1.23. The van der Waals surface area contributed by atoms with Crippen LogP contribution in [0.5, 0.6) is 0 Å². The van der Waals surface area contributed by atoms with Crippen molar-refractivity contribution >= 4 is 56.2 Å². The van der Waals surface area contributed by atoms with Gasteiger partial charge in [-0.1, -0.05) is 37.8 Å². The third-order valence-electron chi connectivity index (χ3n) is 5.77. The Morgan fingerprint density at radius 3 is 2.68 bits per heavy atom. The lowest BCUT2D eigenvalue weighted by atomic mass is 10.1. The molecule has 0 bridgehead atoms. The van der Waals surface area contributed by atoms with E-state index in [2.05, 4.69) is 72.5 Å². The summed E-state index contributed by atoms with van der Waals surface area (Å²) in [6.45, 7) is 10.9. The molecule has 2 aromatic carbocycles. The van der Waals surface area contributed by atoms with Crippen LogP contribution in [0, 0.1) is 6.92 Å². The van der Waals surface area contributed by atoms with Crippen molar-refractivity contribution in [3.8, 4) is 22.0 Å². The van der Waals surface area contributed by atoms with Crippen LogP contribution in [0.4, 0.5) is 5.69 Å². The number of thiazole rings is 1. The lowest BCUT2D eigenvalue weighted by Crippen LogP contribution is -2.14. The first kappa shape index (κ1) is 25.4. The number of thiophene rings is 1. The number of hydrogen-bond donors (Lipinski definition) is 1. The van der Waals surface area contributed by atoms with Gasteiger partial charge in [-0.25, -0.2) is 4.98 Å². The van der Waals surface area contributed by atoms with Crippen molar-refractivity contribution in [1.29, 1.82) is 0 Å². The minimum atomic E-state index is -0.0967. The standard InChI is InChI=1S/C28H27N5OS3/c1-5-12-33-26(20-14-23(17(2)3)35-15-20)31-32-28(33)36-16-25(34)29-21-9-7-19(8-10-21)27-30-22-11-6-18(4)13-24(22)37-27/h5-11,13-15,17H,1,12,16H2,2-4H3,(H,29,34). The number of hydrogen-bond acceptors (Lipinski definition) is 7. The number of nitrogens with one attached hydrogen (secondary N) is 1. The van der Waals surface area contributed by atoms with Gasteiger partial charge in [0.2, 0.25) is 5.91 Å². The first-order valence-electron chi connectivity index (χ1n) is 11.9. The van der Waals surface area contributed by atoms with Crippen LogP contribution in [0.2, 0.25) is 0 Å². The molecular weight excluding hydrogens is 519 g/mol. The summed E-state index contributed by atoms with van der Waals surface area (Å²) in [6, 6.07) is 16.3. The fourth-order valence-electron chi connectivity index (χ4n) is 3.85. The molecule has 0 saturated carbocycles. The number of benzene rings is 2. The van der Waals surface area contributed by atoms with Gasteiger partial charge in [-0.15, -0.1) is 39.4 Å². The molecule has 5 rings (SSSR count). The molecule has 9 heteroatoms. The number of thioether (sulfide) groups is 1. The smallest absolute Gasteiger partial charge is 0.234 e. The zero-order valence-electron chi connectivity index (χ0n) is 20.9. The van der Waals surface area contributed by atoms with Gasteiger partial charge in [-0.2, -0.15) is 0 Å². The second-order valence-corrected chi connectivity index (χ2v) is 11.9. The van der Waals surface area contributed by atoms with Crippen LogP contribution < -0.4 is 5.32 Å². The molecule has 188 valence electrons. The van der Waals surface area contributed by atoms with Gasteiger partial charge in [-0.05, 0) is 60.9 Å². The van der Waals surface area contributed by atoms with E-state index in [9.17, 15) is 4.79 Å². The summed E-state index contributed by atoms with van der Waals surface area (Å²) in [4.78, 5) is 18.7. The Morgan fingerprint density at radius 2 is 1.95 bits per heavy atom. The topological polar surface area (TPSA) is 72.7 Å². The minimum absolute atomic E-state index is 0.0967. The fraction of sp³-hybridized carbons (Fsp3) is 0.214. The second-order valence-electron chi connectivity index (χ2n) is 9.00. The average Bonchev–Trinajstić information content (AvgIpc) is 3.61. The zero-order valence-corrected chi connectivity index (χ0v) is 23.3. The second kappa shape index (κ2) is 11.0. The summed E-state index contributed by atoms with van der Waals surface area (Å²) < 4.78 is 3.18. The van der Waals surface area contributed by atoms with E-state index in [0.717, 1.165) is 33.2 Å². The summed E-state index contributed by atoms with van der Waals surface area (Å²) in [5.74, 6) is 1.40. The van der Waals surface area contributed by atoms with Crippen molar-refractivity contribution < 1.29 is 4.79 Å². The van der Waals surface area contributed by atoms with Gasteiger partial charge in [0.15, 0.2) is 11.0 Å². The van der Waals surface area contributed by atoms with Gasteiger partial charge in [-0.3, -0.25) is 9.36 Å². The molecule has 0 atom stereocenters. The van der Waals surface area contributed by atoms with Crippen LogP contribution >= 0.6 is 34.4 Å². The molecule has 0 radical (unpaired) electrons. The molecule has 6 nitrogen and oxygen atoms in total. The van der Waals surface area contributed by atoms with Gasteiger partial charge in [0.25, 0.3) is 0 Å². The average molecular weight is 546 g/mol. The van der Waals surface area contributed by atoms with E-state index in [4.69, 9.17) is 4.98 Å². The number of nitrogens with zero attached hydrogens (tertiary/aromatic N) is 4. The monoisotopic (exact) mass is 545 g/mol. The van der Waals surface area contributed by atoms with E-state index in [1.807, 2.05) is 34.9 Å². The molecule has 37 heavy (non-hydrogen) atoms. The number of aromatic nitrogens is 4. The summed E-state index contributed by atoms with van der Waals surface area (Å²) in [5.41, 5.74) is 5.06. The molecule has 1 N–H and O–H groups in total. The van der Waals surface area contributed by atoms with E-state index in [1.165, 1.54) is 26.9 Å². The van der Waals surface area contributed by atoms with Crippen LogP contribution in [0.25, 0.3) is 32.2 Å². The normalized spacial score (nSPS) is 11.4. The highest BCUT2D eigenvalue weighted by Crippen LogP contribution is 2.32. The highest BCUT2D eigenvalue weighted by molar-refractivity contribution is 7.99. The Kier molecular flexibility index (Phi) is 7.55. The Labute approximate surface area is 228 Å². The number of rotatable bonds is 9. The molecule has 1 amide bonds. The number of allylic oxidation sites excluding steroid dienone is 1. The Hall–Kier alpha value is -3.27. The van der Waals surface area contributed by atoms with Crippen molar-refractivity contribution in [2.45, 2.75) is 38.4 Å². The van der Waals surface area contributed by atoms with Gasteiger partial charge in [0, 0.05) is 33.6 Å². The molecule has 0 spiro atoms. The van der Waals surface area contributed by atoms with Crippen LogP contribution in [-0.4, -0.2) is 31.4 Å². The van der Waals surface area contributed by atoms with Crippen LogP contribution in [0.15, 0.2) is 71.7 Å². The van der Waals surface area contributed by atoms with Crippen molar-refractivity contribution in [2.75, 3.05) is 11.1 Å². The van der Waals surface area contributed by atoms with Crippen molar-refractivity contribution in [3.05, 3.63) is 77.0 Å². The highest BCUT2D eigenvalue weighted by atomic mass is 32.2. The number of aryl methyl sites for hydroxylation is 1. The largest absolute Gasteiger partial charge is 0.325 e. The lowest BCUT2D eigenvalue weighted by Gasteiger charge is -2.08. The Morgan fingerprint density at radius 1 is 1.14 bits per heavy atom. The van der Waals surface area contributed by atoms with E-state index >= 15 is 0 Å². The Bertz CT molecular complexity index is 1560. The van der Waals surface area contributed by atoms with Crippen molar-refractivity contribution in [3.63, 3.8) is 0 Å². The maximum atomic E-state index is 12.7. The molecule has 0 aliphatic rings.